The average molecular weight is 387 g/mol. The van der Waals surface area contributed by atoms with Crippen LogP contribution in [0, 0.1) is 39.4 Å². The van der Waals surface area contributed by atoms with Crippen LogP contribution in [0.1, 0.15) is 72.1 Å². The summed E-state index contributed by atoms with van der Waals surface area (Å²) >= 11 is 0. The fourth-order valence-electron chi connectivity index (χ4n) is 10.1. The first-order valence-electron chi connectivity index (χ1n) is 11.9. The summed E-state index contributed by atoms with van der Waals surface area (Å²) in [5.74, 6) is 1.90. The van der Waals surface area contributed by atoms with Gasteiger partial charge in [0, 0.05) is 18.0 Å². The lowest BCUT2D eigenvalue weighted by Crippen LogP contribution is -2.56. The van der Waals surface area contributed by atoms with Gasteiger partial charge in [0.15, 0.2) is 0 Å². The molecule has 0 saturated heterocycles. The summed E-state index contributed by atoms with van der Waals surface area (Å²) < 4.78 is 0. The van der Waals surface area contributed by atoms with Crippen molar-refractivity contribution in [1.82, 2.24) is 10.6 Å². The summed E-state index contributed by atoms with van der Waals surface area (Å²) in [6.07, 6.45) is 10.3. The number of aliphatic hydroxyl groups is 1. The van der Waals surface area contributed by atoms with Crippen molar-refractivity contribution in [3.05, 3.63) is 12.2 Å². The highest BCUT2D eigenvalue weighted by atomic mass is 16.3. The van der Waals surface area contributed by atoms with Crippen LogP contribution in [0.25, 0.3) is 0 Å². The zero-order valence-electron chi connectivity index (χ0n) is 18.8. The van der Waals surface area contributed by atoms with Crippen LogP contribution >= 0.6 is 0 Å². The predicted octanol–water partition coefficient (Wildman–Crippen LogP) is 4.12. The number of likely N-dealkylation sites (N-methyl/N-ethyl adjacent to an activating group) is 1. The second-order valence-corrected chi connectivity index (χ2v) is 11.8. The van der Waals surface area contributed by atoms with Crippen LogP contribution in [-0.4, -0.2) is 37.4 Å². The molecule has 5 rings (SSSR count). The quantitative estimate of drug-likeness (QED) is 0.639. The number of rotatable bonds is 3. The predicted molar refractivity (Wildman–Crippen MR) is 115 cm³/mol. The Morgan fingerprint density at radius 2 is 1.79 bits per heavy atom. The number of fused-ring (bicyclic) bond motifs is 2. The molecule has 5 fully saturated rings. The maximum Gasteiger partial charge on any atom is 0.0594 e. The maximum atomic E-state index is 11.2. The van der Waals surface area contributed by atoms with Crippen LogP contribution in [0.3, 0.4) is 0 Å². The molecular weight excluding hydrogens is 344 g/mol. The van der Waals surface area contributed by atoms with E-state index in [0.717, 1.165) is 18.3 Å². The molecule has 0 aromatic rings. The molecule has 0 unspecified atom stereocenters. The molecule has 28 heavy (non-hydrogen) atoms. The van der Waals surface area contributed by atoms with Gasteiger partial charge in [-0.2, -0.15) is 0 Å². The van der Waals surface area contributed by atoms with Crippen molar-refractivity contribution in [2.45, 2.75) is 90.3 Å². The molecule has 2 spiro atoms. The summed E-state index contributed by atoms with van der Waals surface area (Å²) in [4.78, 5) is 0. The van der Waals surface area contributed by atoms with E-state index in [9.17, 15) is 5.11 Å². The van der Waals surface area contributed by atoms with Crippen LogP contribution in [0.4, 0.5) is 0 Å². The molecule has 10 atom stereocenters. The molecule has 0 bridgehead atoms. The summed E-state index contributed by atoms with van der Waals surface area (Å²) in [6.45, 7) is 12.0. The minimum Gasteiger partial charge on any atom is -0.393 e. The highest BCUT2D eigenvalue weighted by Gasteiger charge is 2.81. The van der Waals surface area contributed by atoms with Gasteiger partial charge >= 0.3 is 0 Å². The van der Waals surface area contributed by atoms with E-state index in [0.29, 0.717) is 28.8 Å². The molecule has 0 aromatic carbocycles. The van der Waals surface area contributed by atoms with Gasteiger partial charge < -0.3 is 15.7 Å². The minimum atomic E-state index is -0.157. The van der Waals surface area contributed by atoms with E-state index in [1.807, 2.05) is 0 Å². The Labute approximate surface area is 172 Å². The highest BCUT2D eigenvalue weighted by molar-refractivity contribution is 5.35. The molecule has 0 amide bonds. The molecule has 3 nitrogen and oxygen atoms in total. The third kappa shape index (κ3) is 1.98. The van der Waals surface area contributed by atoms with Crippen molar-refractivity contribution in [2.75, 3.05) is 14.1 Å². The topological polar surface area (TPSA) is 44.3 Å². The van der Waals surface area contributed by atoms with E-state index in [1.165, 1.54) is 50.5 Å². The Balaban J connectivity index is 1.51. The van der Waals surface area contributed by atoms with Crippen LogP contribution in [0.2, 0.25) is 0 Å². The zero-order chi connectivity index (χ0) is 20.1. The Morgan fingerprint density at radius 3 is 2.46 bits per heavy atom. The van der Waals surface area contributed by atoms with E-state index >= 15 is 0 Å². The first kappa shape index (κ1) is 19.6. The molecule has 0 radical (unpaired) electrons. The fraction of sp³-hybridized carbons (Fsp3) is 0.920. The molecule has 5 aliphatic rings. The molecule has 5 saturated carbocycles. The van der Waals surface area contributed by atoms with E-state index in [-0.39, 0.29) is 16.9 Å². The first-order valence-corrected chi connectivity index (χ1v) is 11.9. The van der Waals surface area contributed by atoms with Crippen molar-refractivity contribution in [2.24, 2.45) is 39.4 Å². The second kappa shape index (κ2) is 5.86. The molecule has 3 heteroatoms. The molecule has 158 valence electrons. The summed E-state index contributed by atoms with van der Waals surface area (Å²) in [7, 11) is 4.17. The van der Waals surface area contributed by atoms with Gasteiger partial charge in [0.2, 0.25) is 0 Å². The Bertz CT molecular complexity index is 692. The van der Waals surface area contributed by atoms with E-state index in [1.54, 1.807) is 0 Å². The highest BCUT2D eigenvalue weighted by Crippen LogP contribution is 2.87. The zero-order valence-corrected chi connectivity index (χ0v) is 18.8. The van der Waals surface area contributed by atoms with Gasteiger partial charge in [-0.1, -0.05) is 26.0 Å². The van der Waals surface area contributed by atoms with Crippen molar-refractivity contribution in [3.63, 3.8) is 0 Å². The SMILES string of the molecule is C=C1[C@@H](NC)CC[C@]23C[C@]24CC[C@]2(C)[C@@H]([C@H](C)NC)[C@H](O)C[C@@]2(C)[C@@H]4CC[C@H]13. The van der Waals surface area contributed by atoms with Gasteiger partial charge in [-0.05, 0) is 106 Å². The third-order valence-corrected chi connectivity index (χ3v) is 11.6. The molecular formula is C25H42N2O. The molecule has 0 aliphatic heterocycles. The molecule has 0 heterocycles. The standard InChI is InChI=1S/C25H42N2O/c1-15-17-7-8-20-23(4)13-19(28)21(16(2)26-5)22(23,3)11-12-25(20)14-24(17,25)10-9-18(15)27-6/h16-21,26-28H,1,7-14H2,2-6H3/t16-,17+,18-,19+,20-,21-,22+,23-,24+,25-/m0/s1. The number of aliphatic hydroxyl groups excluding tert-OH is 1. The lowest BCUT2D eigenvalue weighted by atomic mass is 9.43. The Kier molecular flexibility index (Phi) is 4.09. The number of hydrogen-bond donors (Lipinski definition) is 3. The van der Waals surface area contributed by atoms with Crippen LogP contribution in [0.15, 0.2) is 12.2 Å². The van der Waals surface area contributed by atoms with Gasteiger partial charge in [0.05, 0.1) is 6.10 Å². The maximum absolute atomic E-state index is 11.2. The average Bonchev–Trinajstić information content (AvgIpc) is 3.27. The lowest BCUT2D eigenvalue weighted by molar-refractivity contribution is -0.120. The van der Waals surface area contributed by atoms with Gasteiger partial charge in [-0.3, -0.25) is 0 Å². The van der Waals surface area contributed by atoms with Crippen molar-refractivity contribution < 1.29 is 5.11 Å². The summed E-state index contributed by atoms with van der Waals surface area (Å²) in [5, 5.41) is 18.2. The first-order chi connectivity index (χ1) is 13.2. The molecule has 5 aliphatic carbocycles. The fourth-order valence-corrected chi connectivity index (χ4v) is 10.1. The second-order valence-electron chi connectivity index (χ2n) is 11.8. The Hall–Kier alpha value is -0.380. The normalized spacial score (nSPS) is 58.4. The van der Waals surface area contributed by atoms with Gasteiger partial charge in [0.25, 0.3) is 0 Å². The monoisotopic (exact) mass is 386 g/mol. The van der Waals surface area contributed by atoms with Crippen LogP contribution in [-0.2, 0) is 0 Å². The van der Waals surface area contributed by atoms with E-state index in [4.69, 9.17) is 0 Å². The summed E-state index contributed by atoms with van der Waals surface area (Å²) in [5.41, 5.74) is 3.12. The largest absolute Gasteiger partial charge is 0.393 e. The van der Waals surface area contributed by atoms with Crippen molar-refractivity contribution >= 4 is 0 Å². The Morgan fingerprint density at radius 1 is 1.04 bits per heavy atom. The number of nitrogens with one attached hydrogen (secondary N) is 2. The number of hydrogen-bond acceptors (Lipinski definition) is 3. The van der Waals surface area contributed by atoms with Crippen molar-refractivity contribution in [3.8, 4) is 0 Å². The molecule has 0 aromatic heterocycles. The van der Waals surface area contributed by atoms with E-state index < -0.39 is 0 Å². The molecule has 3 N–H and O–H groups in total. The van der Waals surface area contributed by atoms with Crippen molar-refractivity contribution in [1.29, 1.82) is 0 Å². The smallest absolute Gasteiger partial charge is 0.0594 e. The van der Waals surface area contributed by atoms with Crippen LogP contribution in [0.5, 0.6) is 0 Å². The summed E-state index contributed by atoms with van der Waals surface area (Å²) in [6, 6.07) is 0.912. The lowest BCUT2D eigenvalue weighted by Gasteiger charge is -2.61. The van der Waals surface area contributed by atoms with E-state index in [2.05, 4.69) is 52.1 Å². The minimum absolute atomic E-state index is 0.157. The van der Waals surface area contributed by atoms with Gasteiger partial charge in [0.1, 0.15) is 0 Å². The van der Waals surface area contributed by atoms with Gasteiger partial charge in [-0.15, -0.1) is 0 Å². The van der Waals surface area contributed by atoms with Gasteiger partial charge in [-0.25, -0.2) is 0 Å². The third-order valence-electron chi connectivity index (χ3n) is 11.6. The van der Waals surface area contributed by atoms with Crippen LogP contribution < -0.4 is 10.6 Å².